The molecule has 0 atom stereocenters. The largest absolute Gasteiger partial charge is 0.455 e. The summed E-state index contributed by atoms with van der Waals surface area (Å²) in [6.45, 7) is 4.08. The lowest BCUT2D eigenvalue weighted by Crippen LogP contribution is -2.26. The van der Waals surface area contributed by atoms with E-state index in [4.69, 9.17) is 4.42 Å². The molecule has 0 fully saturated rings. The zero-order valence-corrected chi connectivity index (χ0v) is 32.5. The van der Waals surface area contributed by atoms with Crippen molar-refractivity contribution in [1.29, 1.82) is 0 Å². The van der Waals surface area contributed by atoms with Crippen LogP contribution < -0.4 is 4.90 Å². The van der Waals surface area contributed by atoms with Gasteiger partial charge in [0.25, 0.3) is 0 Å². The predicted octanol–water partition coefficient (Wildman–Crippen LogP) is 15.3. The van der Waals surface area contributed by atoms with Crippen LogP contribution in [-0.2, 0) is 5.41 Å². The van der Waals surface area contributed by atoms with Crippen molar-refractivity contribution in [2.24, 2.45) is 0 Å². The number of allylic oxidation sites excluding steroid dienone is 4. The minimum Gasteiger partial charge on any atom is -0.455 e. The minimum atomic E-state index is -1.03. The number of fused-ring (bicyclic) bond motifs is 14. The highest BCUT2D eigenvalue weighted by molar-refractivity contribution is 6.13. The van der Waals surface area contributed by atoms with Gasteiger partial charge in [0.1, 0.15) is 22.8 Å². The summed E-state index contributed by atoms with van der Waals surface area (Å²) in [6.07, 6.45) is 6.29. The average Bonchev–Trinajstić information content (AvgIpc) is 3.90. The van der Waals surface area contributed by atoms with Crippen LogP contribution in [0.15, 0.2) is 193 Å². The summed E-state index contributed by atoms with van der Waals surface area (Å²) in [5.41, 5.74) is 15.1. The van der Waals surface area contributed by atoms with Gasteiger partial charge in [-0.15, -0.1) is 0 Å². The molecule has 1 spiro atoms. The van der Waals surface area contributed by atoms with Gasteiger partial charge in [-0.2, -0.15) is 0 Å². The van der Waals surface area contributed by atoms with Crippen LogP contribution in [0.4, 0.5) is 25.8 Å². The van der Waals surface area contributed by atoms with Crippen molar-refractivity contribution in [1.82, 2.24) is 0 Å². The van der Waals surface area contributed by atoms with E-state index in [1.54, 1.807) is 12.1 Å². The Bertz CT molecular complexity index is 3140. The van der Waals surface area contributed by atoms with Gasteiger partial charge in [-0.05, 0) is 142 Å². The molecule has 59 heavy (non-hydrogen) atoms. The van der Waals surface area contributed by atoms with Crippen LogP contribution in [0, 0.1) is 11.6 Å². The van der Waals surface area contributed by atoms with E-state index in [0.717, 1.165) is 106 Å². The van der Waals surface area contributed by atoms with Crippen LogP contribution in [-0.4, -0.2) is 0 Å². The second-order valence-corrected chi connectivity index (χ2v) is 15.4. The summed E-state index contributed by atoms with van der Waals surface area (Å²) in [7, 11) is 0. The highest BCUT2D eigenvalue weighted by Gasteiger charge is 2.53. The topological polar surface area (TPSA) is 16.4 Å². The van der Waals surface area contributed by atoms with Gasteiger partial charge in [0.2, 0.25) is 0 Å². The third-order valence-corrected chi connectivity index (χ3v) is 12.3. The molecule has 1 heterocycles. The zero-order chi connectivity index (χ0) is 39.8. The standard InChI is InChI=1S/C55H37F2NO/c1-3-10-34(4-2)36-15-21-40(22-16-36)58(41-23-17-37(18-24-41)35-11-6-5-7-12-35)42-25-28-47-51(33-42)55(48-30-29-46-45-13-8-9-14-52(45)59-54(46)53(47)48)49-31-38(56)19-26-43(49)44-27-20-39(57)32-50(44)55/h3-33H,1-2H3/b10-3-,34-4+. The second-order valence-electron chi connectivity index (χ2n) is 15.4. The van der Waals surface area contributed by atoms with Crippen LogP contribution in [0.1, 0.15) is 41.7 Å². The Morgan fingerprint density at radius 2 is 1.12 bits per heavy atom. The Hall–Kier alpha value is -7.30. The third kappa shape index (κ3) is 5.16. The van der Waals surface area contributed by atoms with E-state index in [1.807, 2.05) is 43.3 Å². The zero-order valence-electron chi connectivity index (χ0n) is 32.5. The fraction of sp³-hybridized carbons (Fsp3) is 0.0545. The van der Waals surface area contributed by atoms with Crippen molar-refractivity contribution in [3.05, 3.63) is 228 Å². The molecular formula is C55H37F2NO. The molecule has 0 unspecified atom stereocenters. The predicted molar refractivity (Wildman–Crippen MR) is 239 cm³/mol. The maximum absolute atomic E-state index is 15.7. The summed E-state index contributed by atoms with van der Waals surface area (Å²) in [4.78, 5) is 2.27. The number of halogens is 2. The lowest BCUT2D eigenvalue weighted by atomic mass is 9.70. The molecule has 11 rings (SSSR count). The van der Waals surface area contributed by atoms with E-state index in [9.17, 15) is 0 Å². The first-order valence-electron chi connectivity index (χ1n) is 20.0. The number of para-hydroxylation sites is 1. The molecule has 0 bridgehead atoms. The molecule has 0 N–H and O–H groups in total. The van der Waals surface area contributed by atoms with E-state index >= 15 is 8.78 Å². The molecule has 2 aliphatic carbocycles. The van der Waals surface area contributed by atoms with Gasteiger partial charge in [0.05, 0.1) is 5.41 Å². The lowest BCUT2D eigenvalue weighted by Gasteiger charge is -2.32. The average molecular weight is 766 g/mol. The Morgan fingerprint density at radius 3 is 1.80 bits per heavy atom. The number of nitrogens with zero attached hydrogens (tertiary/aromatic N) is 1. The second kappa shape index (κ2) is 13.4. The van der Waals surface area contributed by atoms with E-state index < -0.39 is 5.41 Å². The molecule has 2 nitrogen and oxygen atoms in total. The Balaban J connectivity index is 1.19. The maximum Gasteiger partial charge on any atom is 0.143 e. The molecular weight excluding hydrogens is 729 g/mol. The molecule has 0 saturated heterocycles. The van der Waals surface area contributed by atoms with E-state index in [1.165, 1.54) is 12.1 Å². The van der Waals surface area contributed by atoms with Crippen molar-refractivity contribution < 1.29 is 13.2 Å². The van der Waals surface area contributed by atoms with Crippen molar-refractivity contribution in [3.8, 4) is 33.4 Å². The summed E-state index contributed by atoms with van der Waals surface area (Å²) in [5, 5.41) is 2.03. The maximum atomic E-state index is 15.7. The van der Waals surface area contributed by atoms with Crippen molar-refractivity contribution in [3.63, 3.8) is 0 Å². The van der Waals surface area contributed by atoms with Gasteiger partial charge in [0.15, 0.2) is 0 Å². The number of benzene rings is 8. The molecule has 282 valence electrons. The van der Waals surface area contributed by atoms with E-state index in [0.29, 0.717) is 0 Å². The number of anilines is 3. The van der Waals surface area contributed by atoms with Gasteiger partial charge < -0.3 is 9.32 Å². The van der Waals surface area contributed by atoms with Crippen molar-refractivity contribution >= 4 is 44.6 Å². The molecule has 4 heteroatoms. The Kier molecular flexibility index (Phi) is 7.92. The normalized spacial score (nSPS) is 13.6. The lowest BCUT2D eigenvalue weighted by molar-refractivity contribution is 0.618. The van der Waals surface area contributed by atoms with Gasteiger partial charge >= 0.3 is 0 Å². The quantitative estimate of drug-likeness (QED) is 0.157. The number of furan rings is 1. The van der Waals surface area contributed by atoms with Gasteiger partial charge in [-0.1, -0.05) is 121 Å². The van der Waals surface area contributed by atoms with E-state index in [2.05, 4.69) is 139 Å². The van der Waals surface area contributed by atoms with Gasteiger partial charge in [-0.3, -0.25) is 0 Å². The van der Waals surface area contributed by atoms with Crippen LogP contribution in [0.3, 0.4) is 0 Å². The summed E-state index contributed by atoms with van der Waals surface area (Å²) in [6, 6.07) is 56.5. The SMILES string of the molecule is C/C=C\C(=C/C)c1ccc(N(c2ccc(-c3ccccc3)cc2)c2ccc3c(c2)C2(c4cc(F)ccc4-c4ccc(F)cc42)c2ccc4c(oc5ccccc54)c2-3)cc1. The van der Waals surface area contributed by atoms with Crippen LogP contribution in [0.5, 0.6) is 0 Å². The minimum absolute atomic E-state index is 0.342. The van der Waals surface area contributed by atoms with Gasteiger partial charge in [0, 0.05) is 33.4 Å². The van der Waals surface area contributed by atoms with Crippen LogP contribution >= 0.6 is 0 Å². The fourth-order valence-electron chi connectivity index (χ4n) is 9.78. The summed E-state index contributed by atoms with van der Waals surface area (Å²) >= 11 is 0. The van der Waals surface area contributed by atoms with Crippen molar-refractivity contribution in [2.75, 3.05) is 4.90 Å². The first-order chi connectivity index (χ1) is 29.0. The number of hydrogen-bond acceptors (Lipinski definition) is 2. The monoisotopic (exact) mass is 765 g/mol. The number of rotatable bonds is 6. The third-order valence-electron chi connectivity index (χ3n) is 12.3. The molecule has 9 aromatic rings. The molecule has 2 aliphatic rings. The first-order valence-corrected chi connectivity index (χ1v) is 20.0. The highest BCUT2D eigenvalue weighted by atomic mass is 19.1. The molecule has 8 aromatic carbocycles. The smallest absolute Gasteiger partial charge is 0.143 e. The van der Waals surface area contributed by atoms with Crippen LogP contribution in [0.25, 0.3) is 60.9 Å². The van der Waals surface area contributed by atoms with E-state index in [-0.39, 0.29) is 11.6 Å². The molecule has 0 radical (unpaired) electrons. The van der Waals surface area contributed by atoms with Crippen LogP contribution in [0.2, 0.25) is 0 Å². The number of hydrogen-bond donors (Lipinski definition) is 0. The fourth-order valence-corrected chi connectivity index (χ4v) is 9.78. The Morgan fingerprint density at radius 1 is 0.525 bits per heavy atom. The highest BCUT2D eigenvalue weighted by Crippen LogP contribution is 2.65. The first kappa shape index (κ1) is 34.9. The molecule has 1 aromatic heterocycles. The molecule has 0 amide bonds. The van der Waals surface area contributed by atoms with Gasteiger partial charge in [-0.25, -0.2) is 8.78 Å². The summed E-state index contributed by atoms with van der Waals surface area (Å²) in [5.74, 6) is -0.683. The molecule has 0 aliphatic heterocycles. The Labute approximate surface area is 341 Å². The summed E-state index contributed by atoms with van der Waals surface area (Å²) < 4.78 is 38.1. The molecule has 0 saturated carbocycles. The van der Waals surface area contributed by atoms with Crippen molar-refractivity contribution in [2.45, 2.75) is 19.3 Å².